The number of sulfonamides is 1. The van der Waals surface area contributed by atoms with Crippen LogP contribution in [0.4, 0.5) is 0 Å². The maximum absolute atomic E-state index is 13.2. The molecule has 0 aliphatic carbocycles. The number of hydrogen-bond acceptors (Lipinski definition) is 8. The fourth-order valence-corrected chi connectivity index (χ4v) is 5.62. The maximum Gasteiger partial charge on any atom is 0.329 e. The predicted octanol–water partition coefficient (Wildman–Crippen LogP) is 1.60. The van der Waals surface area contributed by atoms with Crippen LogP contribution in [0.25, 0.3) is 0 Å². The zero-order chi connectivity index (χ0) is 25.4. The molecule has 0 saturated heterocycles. The number of aromatic nitrogens is 2. The first kappa shape index (κ1) is 26.2. The van der Waals surface area contributed by atoms with Gasteiger partial charge < -0.3 is 4.74 Å². The number of nitrogens with zero attached hydrogens (tertiary/aromatic N) is 2. The lowest BCUT2D eigenvalue weighted by molar-refractivity contribution is -0.129. The maximum atomic E-state index is 13.2. The van der Waals surface area contributed by atoms with E-state index in [0.717, 1.165) is 4.31 Å². The van der Waals surface area contributed by atoms with Crippen LogP contribution in [-0.4, -0.2) is 52.2 Å². The highest BCUT2D eigenvalue weighted by Gasteiger charge is 2.29. The Morgan fingerprint density at radius 2 is 1.77 bits per heavy atom. The summed E-state index contributed by atoms with van der Waals surface area (Å²) in [5.41, 5.74) is 0.383. The highest BCUT2D eigenvalue weighted by atomic mass is 32.2. The highest BCUT2D eigenvalue weighted by molar-refractivity contribution is 7.98. The van der Waals surface area contributed by atoms with E-state index in [-0.39, 0.29) is 22.9 Å². The average Bonchev–Trinajstić information content (AvgIpc) is 2.85. The summed E-state index contributed by atoms with van der Waals surface area (Å²) in [7, 11) is -2.66. The zero-order valence-corrected chi connectivity index (χ0v) is 20.3. The largest absolute Gasteiger partial charge is 0.457 e. The van der Waals surface area contributed by atoms with Gasteiger partial charge in [-0.05, 0) is 36.4 Å². The van der Waals surface area contributed by atoms with E-state index in [2.05, 4.69) is 4.98 Å². The van der Waals surface area contributed by atoms with E-state index >= 15 is 0 Å². The standard InChI is InChI=1S/C22H24N4O7S2/c1-25(16(13-21(28)24-30)14-34-15-26-12-11-20(27)23-22(26)29)35(31,32)19-9-7-18(8-10-19)33-17-5-3-2-4-6-17/h2-12,16,30H,13-15H2,1H3,(H,24,28)(H,23,27,29). The van der Waals surface area contributed by atoms with Gasteiger partial charge in [-0.2, -0.15) is 4.31 Å². The molecule has 11 nitrogen and oxygen atoms in total. The number of ether oxygens (including phenoxy) is 1. The van der Waals surface area contributed by atoms with Gasteiger partial charge in [-0.1, -0.05) is 18.2 Å². The molecular formula is C22H24N4O7S2. The van der Waals surface area contributed by atoms with Crippen molar-refractivity contribution in [2.24, 2.45) is 0 Å². The Bertz CT molecular complexity index is 1360. The second-order valence-electron chi connectivity index (χ2n) is 7.38. The molecule has 1 atom stereocenters. The molecule has 1 unspecified atom stereocenters. The van der Waals surface area contributed by atoms with Crippen molar-refractivity contribution in [3.8, 4) is 11.5 Å². The molecule has 0 aliphatic rings. The summed E-state index contributed by atoms with van der Waals surface area (Å²) < 4.78 is 34.4. The number of carbonyl (C=O) groups is 1. The molecule has 3 rings (SSSR count). The second kappa shape index (κ2) is 11.8. The number of carbonyl (C=O) groups excluding carboxylic acids is 1. The number of aromatic amines is 1. The van der Waals surface area contributed by atoms with E-state index < -0.39 is 33.2 Å². The van der Waals surface area contributed by atoms with Crippen LogP contribution in [0.5, 0.6) is 11.5 Å². The molecular weight excluding hydrogens is 496 g/mol. The zero-order valence-electron chi connectivity index (χ0n) is 18.7. The number of benzene rings is 2. The Balaban J connectivity index is 1.73. The van der Waals surface area contributed by atoms with Crippen LogP contribution in [0.2, 0.25) is 0 Å². The molecule has 1 heterocycles. The molecule has 0 aliphatic heterocycles. The summed E-state index contributed by atoms with van der Waals surface area (Å²) in [4.78, 5) is 37.0. The van der Waals surface area contributed by atoms with Crippen LogP contribution in [0.15, 0.2) is 81.3 Å². The molecule has 0 radical (unpaired) electrons. The summed E-state index contributed by atoms with van der Waals surface area (Å²) >= 11 is 1.18. The molecule has 0 spiro atoms. The average molecular weight is 521 g/mol. The van der Waals surface area contributed by atoms with Gasteiger partial charge in [-0.25, -0.2) is 18.7 Å². The first-order valence-corrected chi connectivity index (χ1v) is 12.9. The molecule has 0 bridgehead atoms. The summed E-state index contributed by atoms with van der Waals surface area (Å²) in [6, 6.07) is 15.2. The van der Waals surface area contributed by atoms with Crippen LogP contribution < -0.4 is 21.5 Å². The number of hydroxylamine groups is 1. The molecule has 35 heavy (non-hydrogen) atoms. The van der Waals surface area contributed by atoms with Crippen molar-refractivity contribution in [1.82, 2.24) is 19.3 Å². The SMILES string of the molecule is CN(C(CSCn1ccc(=O)[nH]c1=O)CC(=O)NO)S(=O)(=O)c1ccc(Oc2ccccc2)cc1. The van der Waals surface area contributed by atoms with Crippen molar-refractivity contribution in [3.05, 3.63) is 87.7 Å². The first-order valence-electron chi connectivity index (χ1n) is 10.3. The van der Waals surface area contributed by atoms with Crippen molar-refractivity contribution in [1.29, 1.82) is 0 Å². The van der Waals surface area contributed by atoms with Crippen molar-refractivity contribution < 1.29 is 23.2 Å². The lowest BCUT2D eigenvalue weighted by atomic mass is 10.2. The van der Waals surface area contributed by atoms with E-state index in [9.17, 15) is 22.8 Å². The lowest BCUT2D eigenvalue weighted by Gasteiger charge is -2.27. The van der Waals surface area contributed by atoms with Crippen LogP contribution >= 0.6 is 11.8 Å². The van der Waals surface area contributed by atoms with Gasteiger partial charge in [0.25, 0.3) is 5.56 Å². The van der Waals surface area contributed by atoms with Gasteiger partial charge in [-0.3, -0.25) is 24.3 Å². The highest BCUT2D eigenvalue weighted by Crippen LogP contribution is 2.25. The quantitative estimate of drug-likeness (QED) is 0.255. The Morgan fingerprint density at radius 3 is 2.40 bits per heavy atom. The molecule has 13 heteroatoms. The van der Waals surface area contributed by atoms with Crippen LogP contribution in [0.3, 0.4) is 0 Å². The van der Waals surface area contributed by atoms with Crippen molar-refractivity contribution in [2.75, 3.05) is 12.8 Å². The fourth-order valence-electron chi connectivity index (χ4n) is 3.05. The molecule has 1 amide bonds. The molecule has 1 aromatic heterocycles. The number of para-hydroxylation sites is 1. The van der Waals surface area contributed by atoms with Crippen molar-refractivity contribution in [2.45, 2.75) is 23.2 Å². The minimum Gasteiger partial charge on any atom is -0.457 e. The normalized spacial score (nSPS) is 12.3. The van der Waals surface area contributed by atoms with Crippen LogP contribution in [0, 0.1) is 0 Å². The summed E-state index contributed by atoms with van der Waals surface area (Å²) in [6.07, 6.45) is 1.01. The Kier molecular flexibility index (Phi) is 8.87. The van der Waals surface area contributed by atoms with Gasteiger partial charge in [0.1, 0.15) is 11.5 Å². The Labute approximate surface area is 205 Å². The minimum absolute atomic E-state index is 0.00308. The molecule has 0 saturated carbocycles. The third kappa shape index (κ3) is 7.05. The van der Waals surface area contributed by atoms with Crippen molar-refractivity contribution in [3.63, 3.8) is 0 Å². The van der Waals surface area contributed by atoms with Gasteiger partial charge >= 0.3 is 5.69 Å². The number of amides is 1. The molecule has 186 valence electrons. The number of thioether (sulfide) groups is 1. The minimum atomic E-state index is -4.00. The van der Waals surface area contributed by atoms with Gasteiger partial charge in [0.05, 0.1) is 10.8 Å². The number of nitrogens with one attached hydrogen (secondary N) is 2. The molecule has 0 fully saturated rings. The van der Waals surface area contributed by atoms with Gasteiger partial charge in [-0.15, -0.1) is 11.8 Å². The first-order chi connectivity index (χ1) is 16.7. The number of H-pyrrole nitrogens is 1. The summed E-state index contributed by atoms with van der Waals surface area (Å²) in [5, 5.41) is 8.94. The monoisotopic (exact) mass is 520 g/mol. The summed E-state index contributed by atoms with van der Waals surface area (Å²) in [5.74, 6) is 0.547. The van der Waals surface area contributed by atoms with Crippen LogP contribution in [-0.2, 0) is 20.7 Å². The Hall–Kier alpha value is -3.39. The molecule has 3 aromatic rings. The third-order valence-electron chi connectivity index (χ3n) is 4.98. The van der Waals surface area contributed by atoms with Gasteiger partial charge in [0.2, 0.25) is 15.9 Å². The van der Waals surface area contributed by atoms with Gasteiger partial charge in [0, 0.05) is 37.5 Å². The number of rotatable bonds is 11. The van der Waals surface area contributed by atoms with Gasteiger partial charge in [0.15, 0.2) is 0 Å². The molecule has 2 aromatic carbocycles. The molecule has 3 N–H and O–H groups in total. The Morgan fingerprint density at radius 1 is 1.11 bits per heavy atom. The third-order valence-corrected chi connectivity index (χ3v) is 7.98. The topological polar surface area (TPSA) is 151 Å². The van der Waals surface area contributed by atoms with E-state index in [1.807, 2.05) is 18.2 Å². The summed E-state index contributed by atoms with van der Waals surface area (Å²) in [6.45, 7) is 0. The number of hydrogen-bond donors (Lipinski definition) is 3. The predicted molar refractivity (Wildman–Crippen MR) is 130 cm³/mol. The van der Waals surface area contributed by atoms with E-state index in [1.165, 1.54) is 65.4 Å². The van der Waals surface area contributed by atoms with E-state index in [0.29, 0.717) is 11.5 Å². The van der Waals surface area contributed by atoms with E-state index in [1.54, 1.807) is 12.1 Å². The van der Waals surface area contributed by atoms with E-state index in [4.69, 9.17) is 9.94 Å². The van der Waals surface area contributed by atoms with Crippen LogP contribution in [0.1, 0.15) is 6.42 Å². The smallest absolute Gasteiger partial charge is 0.329 e. The fraction of sp³-hybridized carbons (Fsp3) is 0.227. The lowest BCUT2D eigenvalue weighted by Crippen LogP contribution is -2.42. The van der Waals surface area contributed by atoms with Crippen molar-refractivity contribution >= 4 is 27.7 Å². The second-order valence-corrected chi connectivity index (χ2v) is 10.4.